The topological polar surface area (TPSA) is 105 Å². The molecular formula is C16H18N5O4+. The molecule has 25 heavy (non-hydrogen) atoms. The molecule has 9 nitrogen and oxygen atoms in total. The van der Waals surface area contributed by atoms with Gasteiger partial charge in [0, 0.05) is 14.1 Å². The lowest BCUT2D eigenvalue weighted by molar-refractivity contribution is -0.525. The molecule has 0 spiro atoms. The van der Waals surface area contributed by atoms with Gasteiger partial charge in [0.25, 0.3) is 5.91 Å². The highest BCUT2D eigenvalue weighted by atomic mass is 16.4. The van der Waals surface area contributed by atoms with Gasteiger partial charge in [0.1, 0.15) is 5.69 Å². The number of para-hydroxylation sites is 1. The van der Waals surface area contributed by atoms with Gasteiger partial charge in [-0.3, -0.25) is 14.6 Å². The Morgan fingerprint density at radius 3 is 2.60 bits per heavy atom. The Morgan fingerprint density at radius 2 is 1.96 bits per heavy atom. The van der Waals surface area contributed by atoms with Crippen LogP contribution >= 0.6 is 0 Å². The van der Waals surface area contributed by atoms with E-state index < -0.39 is 30.5 Å². The van der Waals surface area contributed by atoms with Crippen molar-refractivity contribution in [2.24, 2.45) is 4.99 Å². The Balaban J connectivity index is 2.06. The van der Waals surface area contributed by atoms with Crippen LogP contribution in [0, 0.1) is 6.92 Å². The predicted octanol–water partition coefficient (Wildman–Crippen LogP) is 0.165. The summed E-state index contributed by atoms with van der Waals surface area (Å²) in [4.78, 5) is 42.5. The van der Waals surface area contributed by atoms with E-state index in [-0.39, 0.29) is 11.8 Å². The number of amidine groups is 1. The molecule has 9 heteroatoms. The fourth-order valence-corrected chi connectivity index (χ4v) is 2.84. The minimum atomic E-state index is -1.10. The number of aryl methyl sites for hydroxylation is 1. The summed E-state index contributed by atoms with van der Waals surface area (Å²) in [6, 6.07) is 5.98. The lowest BCUT2D eigenvalue weighted by atomic mass is 10.1. The summed E-state index contributed by atoms with van der Waals surface area (Å²) < 4.78 is 1.35. The van der Waals surface area contributed by atoms with E-state index in [2.05, 4.69) is 10.3 Å². The molecule has 0 saturated carbocycles. The van der Waals surface area contributed by atoms with Gasteiger partial charge in [0.05, 0.1) is 0 Å². The zero-order valence-electron chi connectivity index (χ0n) is 14.1. The van der Waals surface area contributed by atoms with Gasteiger partial charge < -0.3 is 5.11 Å². The fourth-order valence-electron chi connectivity index (χ4n) is 2.84. The summed E-state index contributed by atoms with van der Waals surface area (Å²) >= 11 is 0. The van der Waals surface area contributed by atoms with Crippen LogP contribution in [0.1, 0.15) is 5.56 Å². The number of nitrogens with zero attached hydrogens (tertiary/aromatic N) is 4. The highest BCUT2D eigenvalue weighted by Gasteiger charge is 2.51. The molecule has 0 aliphatic carbocycles. The summed E-state index contributed by atoms with van der Waals surface area (Å²) in [5.41, 5.74) is 1.68. The second-order valence-electron chi connectivity index (χ2n) is 5.90. The van der Waals surface area contributed by atoms with Crippen molar-refractivity contribution in [1.82, 2.24) is 9.80 Å². The maximum Gasteiger partial charge on any atom is 0.395 e. The maximum atomic E-state index is 12.5. The predicted molar refractivity (Wildman–Crippen MR) is 89.7 cm³/mol. The molecule has 1 saturated heterocycles. The Morgan fingerprint density at radius 1 is 1.28 bits per heavy atom. The number of fused-ring (bicyclic) bond motifs is 1. The molecule has 1 aromatic rings. The molecule has 3 amide bonds. The highest BCUT2D eigenvalue weighted by Crippen LogP contribution is 2.21. The molecule has 2 aliphatic rings. The van der Waals surface area contributed by atoms with Gasteiger partial charge in [-0.2, -0.15) is 0 Å². The smallest absolute Gasteiger partial charge is 0.395 e. The molecule has 1 unspecified atom stereocenters. The lowest BCUT2D eigenvalue weighted by Gasteiger charge is -2.31. The van der Waals surface area contributed by atoms with Crippen molar-refractivity contribution in [2.45, 2.75) is 13.0 Å². The molecule has 130 valence electrons. The zero-order chi connectivity index (χ0) is 18.3. The van der Waals surface area contributed by atoms with Crippen molar-refractivity contribution in [3.05, 3.63) is 29.8 Å². The maximum absolute atomic E-state index is 12.5. The average Bonchev–Trinajstić information content (AvgIpc) is 2.91. The van der Waals surface area contributed by atoms with Crippen LogP contribution in [0.3, 0.4) is 0 Å². The average molecular weight is 344 g/mol. The van der Waals surface area contributed by atoms with Gasteiger partial charge in [-0.25, -0.2) is 19.5 Å². The number of likely N-dealkylation sites (N-methyl/N-ethyl adjacent to an activating group) is 2. The van der Waals surface area contributed by atoms with Crippen LogP contribution in [0.2, 0.25) is 0 Å². The summed E-state index contributed by atoms with van der Waals surface area (Å²) in [7, 11) is 2.87. The largest absolute Gasteiger partial charge is 0.479 e. The molecule has 2 aliphatic heterocycles. The Bertz CT molecular complexity index is 845. The van der Waals surface area contributed by atoms with E-state index in [1.165, 1.54) is 23.6 Å². The van der Waals surface area contributed by atoms with Crippen molar-refractivity contribution >= 4 is 35.4 Å². The Labute approximate surface area is 143 Å². The number of carboxylic acids is 1. The first-order valence-corrected chi connectivity index (χ1v) is 7.63. The van der Waals surface area contributed by atoms with E-state index >= 15 is 0 Å². The van der Waals surface area contributed by atoms with Crippen molar-refractivity contribution in [3.8, 4) is 0 Å². The molecule has 0 radical (unpaired) electrons. The quantitative estimate of drug-likeness (QED) is 0.760. The Kier molecular flexibility index (Phi) is 3.99. The van der Waals surface area contributed by atoms with Gasteiger partial charge in [0.2, 0.25) is 11.9 Å². The number of carbonyl (C=O) groups is 3. The number of hydrogen-bond acceptors (Lipinski definition) is 5. The molecule has 1 aromatic carbocycles. The van der Waals surface area contributed by atoms with Gasteiger partial charge in [-0.05, 0) is 18.6 Å². The number of carbonyl (C=O) groups excluding carboxylic acids is 2. The van der Waals surface area contributed by atoms with E-state index in [0.29, 0.717) is 0 Å². The number of imide groups is 1. The third kappa shape index (κ3) is 2.73. The van der Waals surface area contributed by atoms with Crippen LogP contribution in [-0.2, 0) is 9.59 Å². The number of benzene rings is 1. The van der Waals surface area contributed by atoms with E-state index in [1.54, 1.807) is 0 Å². The Hall–Kier alpha value is -3.23. The third-order valence-electron chi connectivity index (χ3n) is 4.23. The second-order valence-corrected chi connectivity index (χ2v) is 5.90. The third-order valence-corrected chi connectivity index (χ3v) is 4.23. The number of amides is 3. The standard InChI is InChI=1S/C16H17N5O4/c1-9-6-4-5-7-10(9)17-15-18-13-12(21(15)8-11(22)23)14(24)20(3)16(25)19(13)2/h4-7,12H,8H2,1-3H3,(H,22,23)/p+1. The van der Waals surface area contributed by atoms with Crippen LogP contribution in [0.4, 0.5) is 10.5 Å². The molecule has 1 atom stereocenters. The van der Waals surface area contributed by atoms with Gasteiger partial charge in [-0.15, -0.1) is 0 Å². The molecule has 2 heterocycles. The number of rotatable bonds is 3. The number of carboxylic acid groups (broad SMARTS) is 1. The van der Waals surface area contributed by atoms with Crippen molar-refractivity contribution in [2.75, 3.05) is 26.0 Å². The van der Waals surface area contributed by atoms with E-state index in [1.807, 2.05) is 31.2 Å². The van der Waals surface area contributed by atoms with Crippen molar-refractivity contribution in [1.29, 1.82) is 0 Å². The number of anilines is 1. The van der Waals surface area contributed by atoms with E-state index in [0.717, 1.165) is 16.2 Å². The zero-order valence-corrected chi connectivity index (χ0v) is 14.1. The molecule has 0 bridgehead atoms. The fraction of sp³-hybridized carbons (Fsp3) is 0.312. The monoisotopic (exact) mass is 344 g/mol. The minimum absolute atomic E-state index is 0.213. The number of hydrogen-bond donors (Lipinski definition) is 2. The van der Waals surface area contributed by atoms with Crippen LogP contribution < -0.4 is 5.32 Å². The molecular weight excluding hydrogens is 326 g/mol. The SMILES string of the molecule is Cc1ccccc1NC1=[N+](CC(=O)O)C2C(=O)N(C)C(=O)N(C)C2=N1. The van der Waals surface area contributed by atoms with Crippen LogP contribution in [0.15, 0.2) is 29.3 Å². The molecule has 3 rings (SSSR count). The molecule has 1 fully saturated rings. The van der Waals surface area contributed by atoms with Gasteiger partial charge in [0.15, 0.2) is 6.54 Å². The normalized spacial score (nSPS) is 20.0. The van der Waals surface area contributed by atoms with E-state index in [9.17, 15) is 19.5 Å². The number of nitrogens with one attached hydrogen (secondary N) is 1. The van der Waals surface area contributed by atoms with Gasteiger partial charge >= 0.3 is 18.0 Å². The molecule has 2 N–H and O–H groups in total. The van der Waals surface area contributed by atoms with Crippen molar-refractivity contribution in [3.63, 3.8) is 0 Å². The summed E-state index contributed by atoms with van der Waals surface area (Å²) in [6.07, 6.45) is 0. The number of urea groups is 1. The van der Waals surface area contributed by atoms with Crippen LogP contribution in [0.5, 0.6) is 0 Å². The first-order chi connectivity index (χ1) is 11.8. The van der Waals surface area contributed by atoms with Gasteiger partial charge in [-0.1, -0.05) is 23.2 Å². The van der Waals surface area contributed by atoms with Crippen molar-refractivity contribution < 1.29 is 24.1 Å². The highest BCUT2D eigenvalue weighted by molar-refractivity contribution is 6.23. The number of guanidine groups is 1. The van der Waals surface area contributed by atoms with E-state index in [4.69, 9.17) is 0 Å². The first kappa shape index (κ1) is 16.6. The summed E-state index contributed by atoms with van der Waals surface area (Å²) in [6.45, 7) is 1.47. The van der Waals surface area contributed by atoms with Crippen LogP contribution in [0.25, 0.3) is 0 Å². The first-order valence-electron chi connectivity index (χ1n) is 7.63. The minimum Gasteiger partial charge on any atom is -0.479 e. The number of aliphatic imine (C=N–C) groups is 1. The number of aliphatic carboxylic acids is 1. The lowest BCUT2D eigenvalue weighted by Crippen LogP contribution is -2.61. The molecule has 0 aromatic heterocycles. The summed E-state index contributed by atoms with van der Waals surface area (Å²) in [5, 5.41) is 12.3. The second kappa shape index (κ2) is 6.00. The van der Waals surface area contributed by atoms with Crippen LogP contribution in [-0.4, -0.2) is 75.9 Å². The summed E-state index contributed by atoms with van der Waals surface area (Å²) in [5.74, 6) is -1.18.